The molecule has 0 saturated heterocycles. The topological polar surface area (TPSA) is 98.1 Å². The molecule has 0 aliphatic heterocycles. The molecule has 3 rings (SSSR count). The normalized spacial score (nSPS) is 13.4. The first-order valence-electron chi connectivity index (χ1n) is 9.75. The number of nitrogens with zero attached hydrogens (tertiary/aromatic N) is 3. The first-order valence-corrected chi connectivity index (χ1v) is 11.5. The van der Waals surface area contributed by atoms with Gasteiger partial charge in [-0.2, -0.15) is 0 Å². The number of thiophene rings is 1. The highest BCUT2D eigenvalue weighted by molar-refractivity contribution is 7.99. The molecule has 2 heterocycles. The third kappa shape index (κ3) is 5.37. The third-order valence-electron chi connectivity index (χ3n) is 4.67. The van der Waals surface area contributed by atoms with Crippen molar-refractivity contribution in [3.05, 3.63) is 22.3 Å². The molecular formula is C19H27N5O3S2. The molecule has 2 amide bonds. The molecule has 1 aliphatic carbocycles. The van der Waals surface area contributed by atoms with Crippen LogP contribution in [0.15, 0.2) is 11.5 Å². The van der Waals surface area contributed by atoms with E-state index in [-0.39, 0.29) is 23.6 Å². The monoisotopic (exact) mass is 437 g/mol. The van der Waals surface area contributed by atoms with Crippen molar-refractivity contribution in [1.29, 1.82) is 0 Å². The van der Waals surface area contributed by atoms with Gasteiger partial charge in [0, 0.05) is 24.6 Å². The Balaban J connectivity index is 1.70. The van der Waals surface area contributed by atoms with Crippen LogP contribution in [0.4, 0.5) is 5.00 Å². The van der Waals surface area contributed by atoms with Gasteiger partial charge >= 0.3 is 0 Å². The fourth-order valence-electron chi connectivity index (χ4n) is 3.23. The Hall–Kier alpha value is -1.91. The SMILES string of the molecule is COCCNC(=O)c1c(NC(=O)CSc2nncn2C(C)C)sc2c1CCCC2. The van der Waals surface area contributed by atoms with E-state index < -0.39 is 0 Å². The summed E-state index contributed by atoms with van der Waals surface area (Å²) in [6, 6.07) is 0.224. The number of aryl methyl sites for hydroxylation is 1. The number of hydrogen-bond donors (Lipinski definition) is 2. The first-order chi connectivity index (χ1) is 14.0. The molecule has 0 spiro atoms. The van der Waals surface area contributed by atoms with Gasteiger partial charge in [-0.3, -0.25) is 9.59 Å². The summed E-state index contributed by atoms with van der Waals surface area (Å²) >= 11 is 2.86. The first kappa shape index (κ1) is 21.8. The van der Waals surface area contributed by atoms with Crippen molar-refractivity contribution in [2.24, 2.45) is 0 Å². The van der Waals surface area contributed by atoms with Crippen LogP contribution >= 0.6 is 23.1 Å². The van der Waals surface area contributed by atoms with Gasteiger partial charge in [0.2, 0.25) is 5.91 Å². The third-order valence-corrected chi connectivity index (χ3v) is 6.84. The van der Waals surface area contributed by atoms with Crippen LogP contribution in [0.5, 0.6) is 0 Å². The van der Waals surface area contributed by atoms with E-state index in [2.05, 4.69) is 20.8 Å². The fraction of sp³-hybridized carbons (Fsp3) is 0.579. The van der Waals surface area contributed by atoms with Crippen LogP contribution in [0.3, 0.4) is 0 Å². The number of carbonyl (C=O) groups excluding carboxylic acids is 2. The Morgan fingerprint density at radius 3 is 2.90 bits per heavy atom. The van der Waals surface area contributed by atoms with E-state index in [0.717, 1.165) is 31.2 Å². The predicted molar refractivity (Wildman–Crippen MR) is 115 cm³/mol. The number of hydrogen-bond acceptors (Lipinski definition) is 7. The minimum absolute atomic E-state index is 0.149. The number of aromatic nitrogens is 3. The molecular weight excluding hydrogens is 410 g/mol. The number of methoxy groups -OCH3 is 1. The number of rotatable bonds is 9. The molecule has 2 N–H and O–H groups in total. The van der Waals surface area contributed by atoms with Crippen LogP contribution in [0.2, 0.25) is 0 Å². The highest BCUT2D eigenvalue weighted by Crippen LogP contribution is 2.38. The van der Waals surface area contributed by atoms with Gasteiger partial charge in [-0.25, -0.2) is 0 Å². The van der Waals surface area contributed by atoms with Gasteiger partial charge in [0.25, 0.3) is 5.91 Å². The molecule has 0 unspecified atom stereocenters. The van der Waals surface area contributed by atoms with E-state index in [1.165, 1.54) is 28.0 Å². The Bertz CT molecular complexity index is 862. The van der Waals surface area contributed by atoms with E-state index in [1.54, 1.807) is 13.4 Å². The number of fused-ring (bicyclic) bond motifs is 1. The van der Waals surface area contributed by atoms with Crippen molar-refractivity contribution < 1.29 is 14.3 Å². The van der Waals surface area contributed by atoms with Crippen molar-refractivity contribution in [3.8, 4) is 0 Å². The average Bonchev–Trinajstić information content (AvgIpc) is 3.30. The second-order valence-corrected chi connectivity index (χ2v) is 9.16. The summed E-state index contributed by atoms with van der Waals surface area (Å²) < 4.78 is 6.94. The van der Waals surface area contributed by atoms with Crippen molar-refractivity contribution >= 4 is 39.9 Å². The number of carbonyl (C=O) groups is 2. The van der Waals surface area contributed by atoms with Gasteiger partial charge in [-0.05, 0) is 45.1 Å². The zero-order valence-corrected chi connectivity index (χ0v) is 18.6. The summed E-state index contributed by atoms with van der Waals surface area (Å²) in [6.45, 7) is 4.97. The zero-order valence-electron chi connectivity index (χ0n) is 17.0. The smallest absolute Gasteiger partial charge is 0.254 e. The fourth-order valence-corrected chi connectivity index (χ4v) is 5.38. The Kier molecular flexibility index (Phi) is 7.68. The van der Waals surface area contributed by atoms with Crippen LogP contribution in [0.1, 0.15) is 53.5 Å². The summed E-state index contributed by atoms with van der Waals surface area (Å²) in [7, 11) is 1.60. The summed E-state index contributed by atoms with van der Waals surface area (Å²) in [5, 5.41) is 15.2. The van der Waals surface area contributed by atoms with Crippen molar-refractivity contribution in [3.63, 3.8) is 0 Å². The molecule has 10 heteroatoms. The molecule has 8 nitrogen and oxygen atoms in total. The number of nitrogens with one attached hydrogen (secondary N) is 2. The van der Waals surface area contributed by atoms with Gasteiger partial charge in [-0.1, -0.05) is 11.8 Å². The van der Waals surface area contributed by atoms with Gasteiger partial charge in [0.1, 0.15) is 11.3 Å². The highest BCUT2D eigenvalue weighted by atomic mass is 32.2. The maximum atomic E-state index is 12.8. The number of ether oxygens (including phenoxy) is 1. The van der Waals surface area contributed by atoms with E-state index in [1.807, 2.05) is 18.4 Å². The standard InChI is InChI=1S/C19H27N5O3S2/c1-12(2)24-11-21-23-19(24)28-10-15(25)22-18-16(17(26)20-8-9-27-3)13-6-4-5-7-14(13)29-18/h11-12H,4-10H2,1-3H3,(H,20,26)(H,22,25). The number of thioether (sulfide) groups is 1. The Morgan fingerprint density at radius 1 is 1.34 bits per heavy atom. The zero-order chi connectivity index (χ0) is 20.8. The maximum Gasteiger partial charge on any atom is 0.254 e. The minimum Gasteiger partial charge on any atom is -0.383 e. The largest absolute Gasteiger partial charge is 0.383 e. The Labute approximate surface area is 178 Å². The predicted octanol–water partition coefficient (Wildman–Crippen LogP) is 2.91. The number of anilines is 1. The van der Waals surface area contributed by atoms with E-state index >= 15 is 0 Å². The second-order valence-electron chi connectivity index (χ2n) is 7.12. The van der Waals surface area contributed by atoms with Crippen molar-refractivity contribution in [1.82, 2.24) is 20.1 Å². The lowest BCUT2D eigenvalue weighted by atomic mass is 9.95. The van der Waals surface area contributed by atoms with E-state index in [4.69, 9.17) is 4.74 Å². The van der Waals surface area contributed by atoms with Gasteiger partial charge in [-0.15, -0.1) is 21.5 Å². The summed E-state index contributed by atoms with van der Waals surface area (Å²) in [5.74, 6) is -0.0968. The lowest BCUT2D eigenvalue weighted by Crippen LogP contribution is -2.29. The summed E-state index contributed by atoms with van der Waals surface area (Å²) in [4.78, 5) is 26.6. The Morgan fingerprint density at radius 2 is 2.14 bits per heavy atom. The molecule has 1 aliphatic rings. The molecule has 0 atom stereocenters. The van der Waals surface area contributed by atoms with E-state index in [9.17, 15) is 9.59 Å². The van der Waals surface area contributed by atoms with Crippen molar-refractivity contribution in [2.75, 3.05) is 31.3 Å². The lowest BCUT2D eigenvalue weighted by Gasteiger charge is -2.13. The minimum atomic E-state index is -0.155. The van der Waals surface area contributed by atoms with Crippen LogP contribution in [0.25, 0.3) is 0 Å². The molecule has 29 heavy (non-hydrogen) atoms. The highest BCUT2D eigenvalue weighted by Gasteiger charge is 2.26. The molecule has 2 aromatic heterocycles. The van der Waals surface area contributed by atoms with E-state index in [0.29, 0.717) is 28.9 Å². The van der Waals surface area contributed by atoms with Crippen molar-refractivity contribution in [2.45, 2.75) is 50.7 Å². The quantitative estimate of drug-likeness (QED) is 0.462. The molecule has 2 aromatic rings. The summed E-state index contributed by atoms with van der Waals surface area (Å²) in [5.41, 5.74) is 1.70. The van der Waals surface area contributed by atoms with Gasteiger partial charge < -0.3 is 19.9 Å². The molecule has 0 fully saturated rings. The molecule has 0 aromatic carbocycles. The van der Waals surface area contributed by atoms with Crippen LogP contribution in [0, 0.1) is 0 Å². The van der Waals surface area contributed by atoms with Gasteiger partial charge in [0.05, 0.1) is 17.9 Å². The second kappa shape index (κ2) is 10.2. The molecule has 0 saturated carbocycles. The average molecular weight is 438 g/mol. The molecule has 0 radical (unpaired) electrons. The maximum absolute atomic E-state index is 12.8. The number of amides is 2. The summed E-state index contributed by atoms with van der Waals surface area (Å²) in [6.07, 6.45) is 5.69. The lowest BCUT2D eigenvalue weighted by molar-refractivity contribution is -0.113. The van der Waals surface area contributed by atoms with Crippen LogP contribution < -0.4 is 10.6 Å². The molecule has 158 valence electrons. The van der Waals surface area contributed by atoms with Crippen LogP contribution in [-0.4, -0.2) is 52.6 Å². The van der Waals surface area contributed by atoms with Crippen LogP contribution in [-0.2, 0) is 22.4 Å². The molecule has 0 bridgehead atoms. The van der Waals surface area contributed by atoms with Gasteiger partial charge in [0.15, 0.2) is 5.16 Å².